The number of carbonyl (C=O) groups is 1. The van der Waals surface area contributed by atoms with E-state index in [0.29, 0.717) is 12.5 Å². The number of rotatable bonds is 3. The lowest BCUT2D eigenvalue weighted by Gasteiger charge is -2.10. The molecule has 1 aliphatic rings. The molecule has 2 N–H and O–H groups in total. The SMILES string of the molecule is O=C1Cc2cnc(NCc3ccccc3)nc2-c2ccccc2N1. The van der Waals surface area contributed by atoms with Crippen molar-refractivity contribution in [2.24, 2.45) is 0 Å². The average molecular weight is 316 g/mol. The van der Waals surface area contributed by atoms with Crippen LogP contribution in [-0.4, -0.2) is 15.9 Å². The number of carbonyl (C=O) groups excluding carboxylic acids is 1. The third-order valence-corrected chi connectivity index (χ3v) is 3.97. The molecule has 0 fully saturated rings. The number of anilines is 2. The molecular formula is C19H16N4O. The van der Waals surface area contributed by atoms with Gasteiger partial charge in [0.25, 0.3) is 0 Å². The van der Waals surface area contributed by atoms with Gasteiger partial charge in [0.2, 0.25) is 11.9 Å². The quantitative estimate of drug-likeness (QED) is 0.778. The first kappa shape index (κ1) is 14.4. The van der Waals surface area contributed by atoms with Crippen molar-refractivity contribution < 1.29 is 4.79 Å². The molecular weight excluding hydrogens is 300 g/mol. The maximum absolute atomic E-state index is 12.0. The summed E-state index contributed by atoms with van der Waals surface area (Å²) in [7, 11) is 0. The molecule has 0 saturated carbocycles. The van der Waals surface area contributed by atoms with Crippen molar-refractivity contribution in [3.05, 3.63) is 71.9 Å². The Labute approximate surface area is 139 Å². The van der Waals surface area contributed by atoms with E-state index in [1.54, 1.807) is 6.20 Å². The van der Waals surface area contributed by atoms with E-state index in [-0.39, 0.29) is 12.3 Å². The molecule has 1 aliphatic heterocycles. The van der Waals surface area contributed by atoms with E-state index < -0.39 is 0 Å². The molecule has 0 saturated heterocycles. The Bertz CT molecular complexity index is 893. The Morgan fingerprint density at radius 3 is 2.71 bits per heavy atom. The largest absolute Gasteiger partial charge is 0.350 e. The molecule has 0 radical (unpaired) electrons. The molecule has 3 aromatic rings. The van der Waals surface area contributed by atoms with Gasteiger partial charge < -0.3 is 10.6 Å². The van der Waals surface area contributed by atoms with Gasteiger partial charge in [0.15, 0.2) is 0 Å². The van der Waals surface area contributed by atoms with Crippen molar-refractivity contribution in [3.8, 4) is 11.3 Å². The van der Waals surface area contributed by atoms with Crippen LogP contribution in [0.25, 0.3) is 11.3 Å². The first-order chi connectivity index (χ1) is 11.8. The molecule has 0 bridgehead atoms. The third-order valence-electron chi connectivity index (χ3n) is 3.97. The molecule has 5 nitrogen and oxygen atoms in total. The minimum Gasteiger partial charge on any atom is -0.350 e. The summed E-state index contributed by atoms with van der Waals surface area (Å²) in [5.74, 6) is 0.511. The second-order valence-electron chi connectivity index (χ2n) is 5.68. The van der Waals surface area contributed by atoms with Crippen LogP contribution in [0.3, 0.4) is 0 Å². The van der Waals surface area contributed by atoms with Crippen LogP contribution in [0.15, 0.2) is 60.8 Å². The van der Waals surface area contributed by atoms with Gasteiger partial charge in [-0.15, -0.1) is 0 Å². The minimum absolute atomic E-state index is 0.0465. The number of benzene rings is 2. The third kappa shape index (κ3) is 2.84. The fourth-order valence-electron chi connectivity index (χ4n) is 2.80. The zero-order chi connectivity index (χ0) is 16.4. The molecule has 4 rings (SSSR count). The number of nitrogens with zero attached hydrogens (tertiary/aromatic N) is 2. The molecule has 0 aliphatic carbocycles. The van der Waals surface area contributed by atoms with Gasteiger partial charge in [-0.3, -0.25) is 4.79 Å². The molecule has 5 heteroatoms. The Hall–Kier alpha value is -3.21. The molecule has 0 unspecified atom stereocenters. The molecule has 1 amide bonds. The first-order valence-electron chi connectivity index (χ1n) is 7.82. The van der Waals surface area contributed by atoms with Gasteiger partial charge in [-0.2, -0.15) is 0 Å². The predicted molar refractivity (Wildman–Crippen MR) is 93.6 cm³/mol. The van der Waals surface area contributed by atoms with Crippen LogP contribution in [0, 0.1) is 0 Å². The van der Waals surface area contributed by atoms with Crippen molar-refractivity contribution >= 4 is 17.5 Å². The number of amides is 1. The number of hydrogen-bond acceptors (Lipinski definition) is 4. The van der Waals surface area contributed by atoms with Crippen molar-refractivity contribution in [1.82, 2.24) is 9.97 Å². The van der Waals surface area contributed by atoms with Crippen LogP contribution in [-0.2, 0) is 17.8 Å². The number of nitrogens with one attached hydrogen (secondary N) is 2. The minimum atomic E-state index is -0.0465. The molecule has 118 valence electrons. The van der Waals surface area contributed by atoms with Gasteiger partial charge in [-0.05, 0) is 11.6 Å². The zero-order valence-corrected chi connectivity index (χ0v) is 13.0. The number of para-hydroxylation sites is 1. The van der Waals surface area contributed by atoms with Gasteiger partial charge in [0.1, 0.15) is 0 Å². The lowest BCUT2D eigenvalue weighted by molar-refractivity contribution is -0.115. The molecule has 2 heterocycles. The van der Waals surface area contributed by atoms with E-state index in [1.165, 1.54) is 0 Å². The van der Waals surface area contributed by atoms with Gasteiger partial charge in [0.05, 0.1) is 17.8 Å². The van der Waals surface area contributed by atoms with Crippen LogP contribution in [0.1, 0.15) is 11.1 Å². The van der Waals surface area contributed by atoms with E-state index in [2.05, 4.69) is 20.6 Å². The van der Waals surface area contributed by atoms with Gasteiger partial charge >= 0.3 is 0 Å². The van der Waals surface area contributed by atoms with Crippen LogP contribution in [0.5, 0.6) is 0 Å². The highest BCUT2D eigenvalue weighted by Crippen LogP contribution is 2.32. The Morgan fingerprint density at radius 1 is 1.04 bits per heavy atom. The summed E-state index contributed by atoms with van der Waals surface area (Å²) in [6.45, 7) is 0.651. The van der Waals surface area contributed by atoms with Crippen molar-refractivity contribution in [1.29, 1.82) is 0 Å². The first-order valence-corrected chi connectivity index (χ1v) is 7.82. The monoisotopic (exact) mass is 316 g/mol. The summed E-state index contributed by atoms with van der Waals surface area (Å²) >= 11 is 0. The summed E-state index contributed by atoms with van der Waals surface area (Å²) in [5, 5.41) is 6.17. The summed E-state index contributed by atoms with van der Waals surface area (Å²) < 4.78 is 0. The fourth-order valence-corrected chi connectivity index (χ4v) is 2.80. The number of fused-ring (bicyclic) bond motifs is 3. The van der Waals surface area contributed by atoms with Crippen LogP contribution >= 0.6 is 0 Å². The second-order valence-corrected chi connectivity index (χ2v) is 5.68. The standard InChI is InChI=1S/C19H16N4O/c24-17-10-14-12-21-19(20-11-13-6-2-1-3-7-13)23-18(14)15-8-4-5-9-16(15)22-17/h1-9,12H,10-11H2,(H,22,24)(H,20,21,23). The van der Waals surface area contributed by atoms with Crippen molar-refractivity contribution in [3.63, 3.8) is 0 Å². The summed E-state index contributed by atoms with van der Waals surface area (Å²) in [5.41, 5.74) is 4.50. The van der Waals surface area contributed by atoms with E-state index in [9.17, 15) is 4.79 Å². The van der Waals surface area contributed by atoms with Crippen LogP contribution in [0.4, 0.5) is 11.6 Å². The predicted octanol–water partition coefficient (Wildman–Crippen LogP) is 3.25. The highest BCUT2D eigenvalue weighted by Gasteiger charge is 2.20. The van der Waals surface area contributed by atoms with E-state index >= 15 is 0 Å². The van der Waals surface area contributed by atoms with Crippen molar-refractivity contribution in [2.45, 2.75) is 13.0 Å². The Balaban J connectivity index is 1.67. The van der Waals surface area contributed by atoms with E-state index in [4.69, 9.17) is 0 Å². The van der Waals surface area contributed by atoms with E-state index in [0.717, 1.165) is 28.1 Å². The molecule has 0 atom stereocenters. The van der Waals surface area contributed by atoms with Gasteiger partial charge in [-0.25, -0.2) is 9.97 Å². The van der Waals surface area contributed by atoms with Crippen LogP contribution < -0.4 is 10.6 Å². The molecule has 24 heavy (non-hydrogen) atoms. The maximum Gasteiger partial charge on any atom is 0.228 e. The summed E-state index contributed by atoms with van der Waals surface area (Å²) in [4.78, 5) is 21.0. The lowest BCUT2D eigenvalue weighted by atomic mass is 10.1. The topological polar surface area (TPSA) is 66.9 Å². The van der Waals surface area contributed by atoms with E-state index in [1.807, 2.05) is 54.6 Å². The Kier molecular flexibility index (Phi) is 3.67. The van der Waals surface area contributed by atoms with Gasteiger partial charge in [0, 0.05) is 23.9 Å². The zero-order valence-electron chi connectivity index (χ0n) is 13.0. The summed E-state index contributed by atoms with van der Waals surface area (Å²) in [6.07, 6.45) is 2.01. The molecule has 0 spiro atoms. The van der Waals surface area contributed by atoms with Crippen LogP contribution in [0.2, 0.25) is 0 Å². The number of aromatic nitrogens is 2. The highest BCUT2D eigenvalue weighted by atomic mass is 16.1. The lowest BCUT2D eigenvalue weighted by Crippen LogP contribution is -2.12. The Morgan fingerprint density at radius 2 is 1.83 bits per heavy atom. The van der Waals surface area contributed by atoms with Crippen molar-refractivity contribution in [2.75, 3.05) is 10.6 Å². The highest BCUT2D eigenvalue weighted by molar-refractivity contribution is 5.99. The van der Waals surface area contributed by atoms with Gasteiger partial charge in [-0.1, -0.05) is 48.5 Å². The summed E-state index contributed by atoms with van der Waals surface area (Å²) in [6, 6.07) is 17.8. The average Bonchev–Trinajstić information content (AvgIpc) is 2.76. The number of hydrogen-bond donors (Lipinski definition) is 2. The maximum atomic E-state index is 12.0. The second kappa shape index (κ2) is 6.12. The molecule has 1 aromatic heterocycles. The normalized spacial score (nSPS) is 12.6. The smallest absolute Gasteiger partial charge is 0.228 e. The molecule has 2 aromatic carbocycles. The fraction of sp³-hybridized carbons (Fsp3) is 0.105.